The summed E-state index contributed by atoms with van der Waals surface area (Å²) in [7, 11) is 0. The van der Waals surface area contributed by atoms with Gasteiger partial charge in [0.15, 0.2) is 0 Å². The molecule has 0 rings (SSSR count). The van der Waals surface area contributed by atoms with E-state index in [-0.39, 0.29) is 0 Å². The van der Waals surface area contributed by atoms with Crippen LogP contribution in [0.5, 0.6) is 0 Å². The molecule has 0 aliphatic rings. The lowest BCUT2D eigenvalue weighted by molar-refractivity contribution is 0.203. The van der Waals surface area contributed by atoms with Gasteiger partial charge in [-0.3, -0.25) is 0 Å². The van der Waals surface area contributed by atoms with Crippen LogP contribution in [0, 0.1) is 0 Å². The SMILES string of the molecule is CCCCCCCCCOC(C)=C(C)C. The molecule has 0 saturated carbocycles. The first-order valence-electron chi connectivity index (χ1n) is 6.45. The molecule has 0 aromatic heterocycles. The van der Waals surface area contributed by atoms with Crippen molar-refractivity contribution in [2.24, 2.45) is 0 Å². The number of unbranched alkanes of at least 4 members (excludes halogenated alkanes) is 6. The maximum Gasteiger partial charge on any atom is 0.0915 e. The molecule has 0 aromatic rings. The molecule has 90 valence electrons. The molecular formula is C14H28O. The van der Waals surface area contributed by atoms with E-state index in [1.807, 2.05) is 0 Å². The van der Waals surface area contributed by atoms with Gasteiger partial charge in [0.1, 0.15) is 0 Å². The van der Waals surface area contributed by atoms with Crippen molar-refractivity contribution in [1.29, 1.82) is 0 Å². The zero-order valence-electron chi connectivity index (χ0n) is 11.1. The summed E-state index contributed by atoms with van der Waals surface area (Å²) in [6.07, 6.45) is 9.43. The fourth-order valence-corrected chi connectivity index (χ4v) is 1.43. The monoisotopic (exact) mass is 212 g/mol. The van der Waals surface area contributed by atoms with Crippen LogP contribution in [-0.4, -0.2) is 6.61 Å². The standard InChI is InChI=1S/C14H28O/c1-5-6-7-8-9-10-11-12-15-14(4)13(2)3/h5-12H2,1-4H3. The first-order chi connectivity index (χ1) is 7.18. The Morgan fingerprint density at radius 1 is 0.800 bits per heavy atom. The van der Waals surface area contributed by atoms with Gasteiger partial charge in [-0.15, -0.1) is 0 Å². The van der Waals surface area contributed by atoms with E-state index in [4.69, 9.17) is 4.74 Å². The first kappa shape index (κ1) is 14.5. The van der Waals surface area contributed by atoms with E-state index in [9.17, 15) is 0 Å². The Bertz CT molecular complexity index is 166. The molecule has 0 amide bonds. The summed E-state index contributed by atoms with van der Waals surface area (Å²) >= 11 is 0. The summed E-state index contributed by atoms with van der Waals surface area (Å²) in [4.78, 5) is 0. The Morgan fingerprint density at radius 2 is 1.33 bits per heavy atom. The van der Waals surface area contributed by atoms with E-state index in [0.717, 1.165) is 12.4 Å². The zero-order valence-corrected chi connectivity index (χ0v) is 11.1. The third kappa shape index (κ3) is 9.84. The summed E-state index contributed by atoms with van der Waals surface area (Å²) < 4.78 is 5.61. The summed E-state index contributed by atoms with van der Waals surface area (Å²) in [5.74, 6) is 1.10. The molecule has 1 nitrogen and oxygen atoms in total. The Labute approximate surface area is 95.9 Å². The summed E-state index contributed by atoms with van der Waals surface area (Å²) in [5.41, 5.74) is 1.29. The maximum atomic E-state index is 5.61. The highest BCUT2D eigenvalue weighted by atomic mass is 16.5. The minimum Gasteiger partial charge on any atom is -0.498 e. The van der Waals surface area contributed by atoms with Gasteiger partial charge in [0.05, 0.1) is 12.4 Å². The van der Waals surface area contributed by atoms with Gasteiger partial charge < -0.3 is 4.74 Å². The van der Waals surface area contributed by atoms with Gasteiger partial charge in [0, 0.05) is 0 Å². The summed E-state index contributed by atoms with van der Waals surface area (Å²) in [6.45, 7) is 9.40. The van der Waals surface area contributed by atoms with E-state index in [1.54, 1.807) is 0 Å². The Balaban J connectivity index is 3.15. The van der Waals surface area contributed by atoms with E-state index in [0.29, 0.717) is 0 Å². The van der Waals surface area contributed by atoms with Crippen molar-refractivity contribution in [3.8, 4) is 0 Å². The van der Waals surface area contributed by atoms with Gasteiger partial charge in [-0.2, -0.15) is 0 Å². The number of hydrogen-bond acceptors (Lipinski definition) is 1. The van der Waals surface area contributed by atoms with Crippen LogP contribution in [0.1, 0.15) is 72.6 Å². The van der Waals surface area contributed by atoms with Crippen molar-refractivity contribution >= 4 is 0 Å². The van der Waals surface area contributed by atoms with Gasteiger partial charge in [0.25, 0.3) is 0 Å². The second kappa shape index (κ2) is 10.1. The number of hydrogen-bond donors (Lipinski definition) is 0. The largest absolute Gasteiger partial charge is 0.498 e. The molecule has 0 aliphatic carbocycles. The van der Waals surface area contributed by atoms with E-state index in [2.05, 4.69) is 27.7 Å². The average Bonchev–Trinajstić information content (AvgIpc) is 2.21. The highest BCUT2D eigenvalue weighted by Gasteiger charge is 1.94. The maximum absolute atomic E-state index is 5.61. The Hall–Kier alpha value is -0.460. The van der Waals surface area contributed by atoms with Crippen LogP contribution < -0.4 is 0 Å². The summed E-state index contributed by atoms with van der Waals surface area (Å²) in [6, 6.07) is 0. The lowest BCUT2D eigenvalue weighted by Crippen LogP contribution is -1.94. The van der Waals surface area contributed by atoms with Crippen LogP contribution in [0.15, 0.2) is 11.3 Å². The lowest BCUT2D eigenvalue weighted by Gasteiger charge is -2.07. The number of ether oxygens (including phenoxy) is 1. The molecule has 15 heavy (non-hydrogen) atoms. The van der Waals surface area contributed by atoms with Crippen LogP contribution in [0.25, 0.3) is 0 Å². The van der Waals surface area contributed by atoms with E-state index < -0.39 is 0 Å². The Morgan fingerprint density at radius 3 is 1.87 bits per heavy atom. The fourth-order valence-electron chi connectivity index (χ4n) is 1.43. The van der Waals surface area contributed by atoms with Crippen LogP contribution in [0.4, 0.5) is 0 Å². The quantitative estimate of drug-likeness (QED) is 0.383. The molecule has 0 spiro atoms. The number of rotatable bonds is 9. The van der Waals surface area contributed by atoms with Crippen molar-refractivity contribution in [2.45, 2.75) is 72.6 Å². The zero-order chi connectivity index (χ0) is 11.5. The second-order valence-electron chi connectivity index (χ2n) is 4.53. The van der Waals surface area contributed by atoms with Crippen molar-refractivity contribution < 1.29 is 4.74 Å². The van der Waals surface area contributed by atoms with Crippen LogP contribution in [0.3, 0.4) is 0 Å². The smallest absolute Gasteiger partial charge is 0.0915 e. The normalized spacial score (nSPS) is 10.1. The average molecular weight is 212 g/mol. The topological polar surface area (TPSA) is 9.23 Å². The van der Waals surface area contributed by atoms with E-state index in [1.165, 1.54) is 50.5 Å². The first-order valence-corrected chi connectivity index (χ1v) is 6.45. The van der Waals surface area contributed by atoms with Crippen molar-refractivity contribution in [1.82, 2.24) is 0 Å². The molecular weight excluding hydrogens is 184 g/mol. The van der Waals surface area contributed by atoms with Crippen molar-refractivity contribution in [3.05, 3.63) is 11.3 Å². The van der Waals surface area contributed by atoms with Gasteiger partial charge in [-0.05, 0) is 32.8 Å². The molecule has 0 saturated heterocycles. The predicted molar refractivity (Wildman–Crippen MR) is 68.0 cm³/mol. The number of allylic oxidation sites excluding steroid dienone is 2. The fraction of sp³-hybridized carbons (Fsp3) is 0.857. The van der Waals surface area contributed by atoms with Gasteiger partial charge in [-0.25, -0.2) is 0 Å². The third-order valence-corrected chi connectivity index (χ3v) is 2.77. The third-order valence-electron chi connectivity index (χ3n) is 2.77. The molecule has 0 bridgehead atoms. The molecule has 0 unspecified atom stereocenters. The molecule has 0 aromatic carbocycles. The highest BCUT2D eigenvalue weighted by Crippen LogP contribution is 2.09. The van der Waals surface area contributed by atoms with Crippen molar-refractivity contribution in [2.75, 3.05) is 6.61 Å². The molecule has 0 fully saturated rings. The minimum atomic E-state index is 0.894. The molecule has 0 atom stereocenters. The van der Waals surface area contributed by atoms with Gasteiger partial charge in [-0.1, -0.05) is 45.4 Å². The van der Waals surface area contributed by atoms with Gasteiger partial charge >= 0.3 is 0 Å². The minimum absolute atomic E-state index is 0.894. The molecule has 1 heteroatoms. The molecule has 0 N–H and O–H groups in total. The van der Waals surface area contributed by atoms with Crippen molar-refractivity contribution in [3.63, 3.8) is 0 Å². The van der Waals surface area contributed by atoms with E-state index >= 15 is 0 Å². The van der Waals surface area contributed by atoms with Crippen LogP contribution in [-0.2, 0) is 4.74 Å². The van der Waals surface area contributed by atoms with Crippen LogP contribution >= 0.6 is 0 Å². The predicted octanol–water partition coefficient (Wildman–Crippen LogP) is 5.07. The molecule has 0 aliphatic heterocycles. The Kier molecular flexibility index (Phi) is 9.76. The second-order valence-corrected chi connectivity index (χ2v) is 4.53. The van der Waals surface area contributed by atoms with Gasteiger partial charge in [0.2, 0.25) is 0 Å². The highest BCUT2D eigenvalue weighted by molar-refractivity contribution is 4.98. The lowest BCUT2D eigenvalue weighted by atomic mass is 10.1. The molecule has 0 radical (unpaired) electrons. The van der Waals surface area contributed by atoms with Crippen LogP contribution in [0.2, 0.25) is 0 Å². The summed E-state index contributed by atoms with van der Waals surface area (Å²) in [5, 5.41) is 0. The molecule has 0 heterocycles.